The third-order valence-corrected chi connectivity index (χ3v) is 2.95. The molecule has 0 aliphatic heterocycles. The van der Waals surface area contributed by atoms with Crippen LogP contribution < -0.4 is 0 Å². The maximum absolute atomic E-state index is 9.93. The van der Waals surface area contributed by atoms with E-state index in [4.69, 9.17) is 0 Å². The maximum atomic E-state index is 9.93. The van der Waals surface area contributed by atoms with Crippen molar-refractivity contribution in [2.75, 3.05) is 0 Å². The minimum absolute atomic E-state index is 0.0869. The third-order valence-electron chi connectivity index (χ3n) is 2.95. The van der Waals surface area contributed by atoms with Gasteiger partial charge in [-0.3, -0.25) is 0 Å². The van der Waals surface area contributed by atoms with Crippen LogP contribution in [0, 0.1) is 17.3 Å². The van der Waals surface area contributed by atoms with Crippen LogP contribution in [0.3, 0.4) is 0 Å². The molecule has 1 heteroatoms. The molecule has 0 rings (SSSR count). The normalized spacial score (nSPS) is 16.5. The highest BCUT2D eigenvalue weighted by atomic mass is 16.3. The van der Waals surface area contributed by atoms with Crippen molar-refractivity contribution in [2.24, 2.45) is 17.3 Å². The van der Waals surface area contributed by atoms with Gasteiger partial charge < -0.3 is 5.11 Å². The van der Waals surface area contributed by atoms with Gasteiger partial charge in [-0.15, -0.1) is 0 Å². The fourth-order valence-corrected chi connectivity index (χ4v) is 2.47. The van der Waals surface area contributed by atoms with Crippen LogP contribution in [0.2, 0.25) is 0 Å². The second-order valence-corrected chi connectivity index (χ2v) is 7.08. The van der Waals surface area contributed by atoms with E-state index >= 15 is 0 Å². The molecule has 0 fully saturated rings. The molecule has 1 nitrogen and oxygen atoms in total. The molecule has 0 spiro atoms. The summed E-state index contributed by atoms with van der Waals surface area (Å²) in [5.74, 6) is 1.40. The van der Waals surface area contributed by atoms with Crippen molar-refractivity contribution < 1.29 is 5.11 Å². The first-order valence-corrected chi connectivity index (χ1v) is 6.89. The number of hydrogen-bond donors (Lipinski definition) is 1. The molecule has 0 heterocycles. The van der Waals surface area contributed by atoms with Gasteiger partial charge in [-0.05, 0) is 36.5 Å². The van der Waals surface area contributed by atoms with Gasteiger partial charge in [-0.25, -0.2) is 0 Å². The quantitative estimate of drug-likeness (QED) is 0.673. The summed E-state index contributed by atoms with van der Waals surface area (Å²) in [5.41, 5.74) is 0.386. The number of aliphatic hydroxyl groups is 1. The molecule has 16 heavy (non-hydrogen) atoms. The lowest BCUT2D eigenvalue weighted by atomic mass is 9.83. The Balaban J connectivity index is 3.66. The van der Waals surface area contributed by atoms with Gasteiger partial charge in [0, 0.05) is 0 Å². The van der Waals surface area contributed by atoms with Crippen LogP contribution >= 0.6 is 0 Å². The molecule has 0 aliphatic rings. The lowest BCUT2D eigenvalue weighted by Gasteiger charge is -2.25. The monoisotopic (exact) mass is 228 g/mol. The molecule has 2 unspecified atom stereocenters. The van der Waals surface area contributed by atoms with E-state index in [1.165, 1.54) is 19.3 Å². The smallest absolute Gasteiger partial charge is 0.0542 e. The van der Waals surface area contributed by atoms with E-state index < -0.39 is 0 Å². The lowest BCUT2D eigenvalue weighted by molar-refractivity contribution is 0.120. The lowest BCUT2D eigenvalue weighted by Crippen LogP contribution is -2.17. The zero-order valence-corrected chi connectivity index (χ0v) is 12.2. The highest BCUT2D eigenvalue weighted by molar-refractivity contribution is 4.69. The second kappa shape index (κ2) is 7.32. The van der Waals surface area contributed by atoms with Crippen LogP contribution in [0.25, 0.3) is 0 Å². The minimum atomic E-state index is -0.0869. The predicted molar refractivity (Wildman–Crippen MR) is 72.5 cm³/mol. The molecule has 2 atom stereocenters. The molecule has 0 saturated heterocycles. The van der Waals surface area contributed by atoms with Gasteiger partial charge in [0.25, 0.3) is 0 Å². The van der Waals surface area contributed by atoms with E-state index in [-0.39, 0.29) is 6.10 Å². The van der Waals surface area contributed by atoms with Crippen LogP contribution in [0.5, 0.6) is 0 Å². The van der Waals surface area contributed by atoms with Gasteiger partial charge >= 0.3 is 0 Å². The van der Waals surface area contributed by atoms with Gasteiger partial charge in [-0.2, -0.15) is 0 Å². The Labute approximate surface area is 103 Å². The summed E-state index contributed by atoms with van der Waals surface area (Å²) < 4.78 is 0. The van der Waals surface area contributed by atoms with Gasteiger partial charge in [0.05, 0.1) is 6.10 Å². The van der Waals surface area contributed by atoms with E-state index in [0.29, 0.717) is 11.3 Å². The first-order valence-electron chi connectivity index (χ1n) is 6.89. The van der Waals surface area contributed by atoms with Crippen molar-refractivity contribution in [3.05, 3.63) is 0 Å². The van der Waals surface area contributed by atoms with Crippen LogP contribution in [0.4, 0.5) is 0 Å². The summed E-state index contributed by atoms with van der Waals surface area (Å²) >= 11 is 0. The van der Waals surface area contributed by atoms with Crippen LogP contribution in [0.1, 0.15) is 73.6 Å². The topological polar surface area (TPSA) is 20.2 Å². The summed E-state index contributed by atoms with van der Waals surface area (Å²) in [4.78, 5) is 0. The van der Waals surface area contributed by atoms with Crippen molar-refractivity contribution >= 4 is 0 Å². The SMILES string of the molecule is CC(C)CCCC(O)CC(C)CC(C)(C)C. The molecule has 98 valence electrons. The molecule has 0 aromatic carbocycles. The summed E-state index contributed by atoms with van der Waals surface area (Å²) in [6.45, 7) is 13.6. The van der Waals surface area contributed by atoms with Crippen molar-refractivity contribution in [3.63, 3.8) is 0 Å². The van der Waals surface area contributed by atoms with Gasteiger partial charge in [0.2, 0.25) is 0 Å². The first-order chi connectivity index (χ1) is 7.20. The fraction of sp³-hybridized carbons (Fsp3) is 1.00. The van der Waals surface area contributed by atoms with Crippen LogP contribution in [-0.2, 0) is 0 Å². The Morgan fingerprint density at radius 1 is 1.00 bits per heavy atom. The molecule has 0 aliphatic carbocycles. The molecule has 0 amide bonds. The summed E-state index contributed by atoms with van der Waals surface area (Å²) in [6, 6.07) is 0. The second-order valence-electron chi connectivity index (χ2n) is 7.08. The summed E-state index contributed by atoms with van der Waals surface area (Å²) in [5, 5.41) is 9.93. The van der Waals surface area contributed by atoms with E-state index in [1.54, 1.807) is 0 Å². The Morgan fingerprint density at radius 2 is 1.56 bits per heavy atom. The Kier molecular flexibility index (Phi) is 7.30. The van der Waals surface area contributed by atoms with Crippen molar-refractivity contribution in [1.29, 1.82) is 0 Å². The van der Waals surface area contributed by atoms with Crippen LogP contribution in [-0.4, -0.2) is 11.2 Å². The van der Waals surface area contributed by atoms with E-state index in [0.717, 1.165) is 18.8 Å². The third kappa shape index (κ3) is 10.5. The maximum Gasteiger partial charge on any atom is 0.0542 e. The Bertz CT molecular complexity index is 167. The van der Waals surface area contributed by atoms with E-state index in [2.05, 4.69) is 41.5 Å². The van der Waals surface area contributed by atoms with Crippen molar-refractivity contribution in [1.82, 2.24) is 0 Å². The molecule has 1 N–H and O–H groups in total. The molecular formula is C15H32O. The van der Waals surface area contributed by atoms with E-state index in [9.17, 15) is 5.11 Å². The predicted octanol–water partition coefficient (Wildman–Crippen LogP) is 4.64. The van der Waals surface area contributed by atoms with Crippen molar-refractivity contribution in [2.45, 2.75) is 79.8 Å². The zero-order chi connectivity index (χ0) is 12.8. The van der Waals surface area contributed by atoms with Gasteiger partial charge in [0.15, 0.2) is 0 Å². The van der Waals surface area contributed by atoms with E-state index in [1.807, 2.05) is 0 Å². The Hall–Kier alpha value is -0.0400. The minimum Gasteiger partial charge on any atom is -0.393 e. The number of aliphatic hydroxyl groups excluding tert-OH is 1. The average Bonchev–Trinajstić information content (AvgIpc) is 1.98. The summed E-state index contributed by atoms with van der Waals surface area (Å²) in [6.07, 6.45) is 5.47. The molecule has 0 radical (unpaired) electrons. The average molecular weight is 228 g/mol. The zero-order valence-electron chi connectivity index (χ0n) is 12.2. The molecule has 0 aromatic heterocycles. The molecular weight excluding hydrogens is 196 g/mol. The van der Waals surface area contributed by atoms with Gasteiger partial charge in [-0.1, -0.05) is 54.4 Å². The van der Waals surface area contributed by atoms with Crippen LogP contribution in [0.15, 0.2) is 0 Å². The van der Waals surface area contributed by atoms with Crippen molar-refractivity contribution in [3.8, 4) is 0 Å². The number of rotatable bonds is 7. The highest BCUT2D eigenvalue weighted by Crippen LogP contribution is 2.27. The first kappa shape index (κ1) is 16.0. The Morgan fingerprint density at radius 3 is 2.00 bits per heavy atom. The molecule has 0 saturated carbocycles. The fourth-order valence-electron chi connectivity index (χ4n) is 2.47. The number of hydrogen-bond acceptors (Lipinski definition) is 1. The van der Waals surface area contributed by atoms with Gasteiger partial charge in [0.1, 0.15) is 0 Å². The highest BCUT2D eigenvalue weighted by Gasteiger charge is 2.17. The standard InChI is InChI=1S/C15H32O/c1-12(2)8-7-9-14(16)10-13(3)11-15(4,5)6/h12-14,16H,7-11H2,1-6H3. The summed E-state index contributed by atoms with van der Waals surface area (Å²) in [7, 11) is 0. The molecule has 0 aromatic rings. The largest absolute Gasteiger partial charge is 0.393 e. The molecule has 0 bridgehead atoms.